The van der Waals surface area contributed by atoms with Crippen LogP contribution in [0.15, 0.2) is 18.2 Å². The normalized spacial score (nSPS) is 11.7. The molecule has 0 saturated heterocycles. The van der Waals surface area contributed by atoms with Gasteiger partial charge < -0.3 is 10.1 Å². The number of rotatable bonds is 9. The molecule has 2 nitrogen and oxygen atoms in total. The van der Waals surface area contributed by atoms with Gasteiger partial charge in [-0.2, -0.15) is 0 Å². The summed E-state index contributed by atoms with van der Waals surface area (Å²) in [5, 5.41) is 4.28. The minimum atomic E-state index is 0.337. The molecule has 0 bridgehead atoms. The summed E-state index contributed by atoms with van der Waals surface area (Å²) in [7, 11) is 1.66. The van der Waals surface area contributed by atoms with Crippen LogP contribution in [0.4, 0.5) is 0 Å². The van der Waals surface area contributed by atoms with Crippen molar-refractivity contribution in [3.05, 3.63) is 28.8 Å². The van der Waals surface area contributed by atoms with Crippen LogP contribution in [-0.4, -0.2) is 20.2 Å². The Balaban J connectivity index is 2.44. The van der Waals surface area contributed by atoms with Crippen molar-refractivity contribution in [3.8, 4) is 5.75 Å². The number of hydrogen-bond donors (Lipinski definition) is 1. The lowest BCUT2D eigenvalue weighted by Crippen LogP contribution is -2.23. The number of nitrogens with one attached hydrogen (secondary N) is 1. The molecule has 0 saturated carbocycles. The van der Waals surface area contributed by atoms with Crippen LogP contribution in [0.2, 0.25) is 5.02 Å². The van der Waals surface area contributed by atoms with Crippen LogP contribution in [0, 0.1) is 5.41 Å². The van der Waals surface area contributed by atoms with Crippen LogP contribution in [0.1, 0.15) is 45.6 Å². The molecule has 1 N–H and O–H groups in total. The van der Waals surface area contributed by atoms with E-state index in [2.05, 4.69) is 32.2 Å². The van der Waals surface area contributed by atoms with Crippen LogP contribution < -0.4 is 10.1 Å². The number of hydrogen-bond acceptors (Lipinski definition) is 2. The smallest absolute Gasteiger partial charge is 0.120 e. The largest absolute Gasteiger partial charge is 0.497 e. The van der Waals surface area contributed by atoms with Gasteiger partial charge in [0.2, 0.25) is 0 Å². The first-order valence-electron chi connectivity index (χ1n) is 7.51. The molecule has 0 radical (unpaired) electrons. The second-order valence-corrected chi connectivity index (χ2v) is 6.53. The lowest BCUT2D eigenvalue weighted by Gasteiger charge is -2.25. The molecule has 0 spiro atoms. The molecule has 0 heterocycles. The third kappa shape index (κ3) is 6.15. The van der Waals surface area contributed by atoms with Crippen molar-refractivity contribution in [2.45, 2.75) is 46.5 Å². The van der Waals surface area contributed by atoms with E-state index in [1.807, 2.05) is 12.1 Å². The quantitative estimate of drug-likeness (QED) is 0.667. The van der Waals surface area contributed by atoms with Gasteiger partial charge >= 0.3 is 0 Å². The first kappa shape index (κ1) is 17.3. The monoisotopic (exact) mass is 297 g/mol. The average molecular weight is 298 g/mol. The maximum atomic E-state index is 6.29. The van der Waals surface area contributed by atoms with Gasteiger partial charge in [0.05, 0.1) is 7.11 Å². The number of aryl methyl sites for hydroxylation is 1. The van der Waals surface area contributed by atoms with E-state index >= 15 is 0 Å². The molecule has 0 aliphatic rings. The van der Waals surface area contributed by atoms with Gasteiger partial charge in [0.1, 0.15) is 5.75 Å². The second kappa shape index (κ2) is 8.53. The van der Waals surface area contributed by atoms with Gasteiger partial charge in [-0.15, -0.1) is 0 Å². The van der Waals surface area contributed by atoms with Crippen molar-refractivity contribution < 1.29 is 4.74 Å². The Labute approximate surface area is 128 Å². The molecule has 0 atom stereocenters. The van der Waals surface area contributed by atoms with E-state index in [-0.39, 0.29) is 0 Å². The summed E-state index contributed by atoms with van der Waals surface area (Å²) in [6.45, 7) is 9.07. The molecule has 1 rings (SSSR count). The molecule has 0 aliphatic carbocycles. The molecule has 3 heteroatoms. The molecule has 0 aliphatic heterocycles. The van der Waals surface area contributed by atoms with E-state index in [9.17, 15) is 0 Å². The maximum Gasteiger partial charge on any atom is 0.120 e. The van der Waals surface area contributed by atoms with Crippen molar-refractivity contribution >= 4 is 11.6 Å². The third-order valence-electron chi connectivity index (χ3n) is 3.74. The van der Waals surface area contributed by atoms with Gasteiger partial charge in [-0.3, -0.25) is 0 Å². The van der Waals surface area contributed by atoms with Gasteiger partial charge in [-0.1, -0.05) is 38.4 Å². The first-order valence-corrected chi connectivity index (χ1v) is 7.89. The van der Waals surface area contributed by atoms with Crippen LogP contribution in [0.5, 0.6) is 5.75 Å². The molecule has 20 heavy (non-hydrogen) atoms. The van der Waals surface area contributed by atoms with E-state index in [0.717, 1.165) is 36.7 Å². The highest BCUT2D eigenvalue weighted by Gasteiger charge is 2.17. The average Bonchev–Trinajstić information content (AvgIpc) is 2.42. The Morgan fingerprint density at radius 3 is 2.55 bits per heavy atom. The summed E-state index contributed by atoms with van der Waals surface area (Å²) in [5.41, 5.74) is 1.55. The van der Waals surface area contributed by atoms with Crippen LogP contribution >= 0.6 is 11.6 Å². The molecule has 0 amide bonds. The summed E-state index contributed by atoms with van der Waals surface area (Å²) in [5.74, 6) is 0.821. The lowest BCUT2D eigenvalue weighted by molar-refractivity contribution is 0.302. The zero-order valence-corrected chi connectivity index (χ0v) is 14.0. The van der Waals surface area contributed by atoms with E-state index in [1.165, 1.54) is 18.4 Å². The van der Waals surface area contributed by atoms with Crippen molar-refractivity contribution in [2.75, 3.05) is 20.2 Å². The van der Waals surface area contributed by atoms with Gasteiger partial charge in [0.25, 0.3) is 0 Å². The van der Waals surface area contributed by atoms with Crippen molar-refractivity contribution in [1.82, 2.24) is 5.32 Å². The van der Waals surface area contributed by atoms with Gasteiger partial charge in [-0.25, -0.2) is 0 Å². The summed E-state index contributed by atoms with van der Waals surface area (Å²) in [4.78, 5) is 0. The lowest BCUT2D eigenvalue weighted by atomic mass is 9.83. The van der Waals surface area contributed by atoms with E-state index in [0.29, 0.717) is 5.41 Å². The number of methoxy groups -OCH3 is 1. The SMILES string of the molecule is CCCNCCC(C)(C)CCc1ccc(OC)cc1Cl. The third-order valence-corrected chi connectivity index (χ3v) is 4.09. The molecule has 1 aromatic carbocycles. The Morgan fingerprint density at radius 2 is 1.95 bits per heavy atom. The van der Waals surface area contributed by atoms with E-state index in [4.69, 9.17) is 16.3 Å². The fourth-order valence-corrected chi connectivity index (χ4v) is 2.45. The Kier molecular flexibility index (Phi) is 7.39. The predicted octanol–water partition coefficient (Wildman–Crippen LogP) is 4.70. The topological polar surface area (TPSA) is 21.3 Å². The second-order valence-electron chi connectivity index (χ2n) is 6.12. The Hall–Kier alpha value is -0.730. The highest BCUT2D eigenvalue weighted by atomic mass is 35.5. The first-order chi connectivity index (χ1) is 9.48. The number of ether oxygens (including phenoxy) is 1. The van der Waals surface area contributed by atoms with Gasteiger partial charge in [0.15, 0.2) is 0 Å². The van der Waals surface area contributed by atoms with Crippen molar-refractivity contribution in [1.29, 1.82) is 0 Å². The number of halogens is 1. The van der Waals surface area contributed by atoms with Gasteiger partial charge in [-0.05, 0) is 61.9 Å². The molecular weight excluding hydrogens is 270 g/mol. The maximum absolute atomic E-state index is 6.29. The highest BCUT2D eigenvalue weighted by Crippen LogP contribution is 2.30. The zero-order chi connectivity index (χ0) is 15.0. The summed E-state index contributed by atoms with van der Waals surface area (Å²) in [6.07, 6.45) is 4.55. The van der Waals surface area contributed by atoms with E-state index < -0.39 is 0 Å². The fourth-order valence-electron chi connectivity index (χ4n) is 2.18. The van der Waals surface area contributed by atoms with Crippen molar-refractivity contribution in [2.24, 2.45) is 5.41 Å². The van der Waals surface area contributed by atoms with E-state index in [1.54, 1.807) is 7.11 Å². The molecular formula is C17H28ClNO. The Bertz CT molecular complexity index is 404. The fraction of sp³-hybridized carbons (Fsp3) is 0.647. The number of benzene rings is 1. The van der Waals surface area contributed by atoms with Crippen LogP contribution in [0.3, 0.4) is 0 Å². The standard InChI is InChI=1S/C17H28ClNO/c1-5-11-19-12-10-17(2,3)9-8-14-6-7-15(20-4)13-16(14)18/h6-7,13,19H,5,8-12H2,1-4H3. The van der Waals surface area contributed by atoms with Gasteiger partial charge in [0, 0.05) is 5.02 Å². The minimum absolute atomic E-state index is 0.337. The Morgan fingerprint density at radius 1 is 1.20 bits per heavy atom. The highest BCUT2D eigenvalue weighted by molar-refractivity contribution is 6.31. The summed E-state index contributed by atoms with van der Waals surface area (Å²) in [6, 6.07) is 5.95. The zero-order valence-electron chi connectivity index (χ0n) is 13.3. The van der Waals surface area contributed by atoms with Crippen molar-refractivity contribution in [3.63, 3.8) is 0 Å². The minimum Gasteiger partial charge on any atom is -0.497 e. The molecule has 114 valence electrons. The molecule has 0 unspecified atom stereocenters. The molecule has 0 fully saturated rings. The van der Waals surface area contributed by atoms with Crippen LogP contribution in [-0.2, 0) is 6.42 Å². The predicted molar refractivity (Wildman–Crippen MR) is 87.9 cm³/mol. The summed E-state index contributed by atoms with van der Waals surface area (Å²) < 4.78 is 5.18. The molecule has 0 aromatic heterocycles. The van der Waals surface area contributed by atoms with Crippen LogP contribution in [0.25, 0.3) is 0 Å². The summed E-state index contributed by atoms with van der Waals surface area (Å²) >= 11 is 6.29. The molecule has 1 aromatic rings.